The van der Waals surface area contributed by atoms with E-state index in [4.69, 9.17) is 32.4 Å². The summed E-state index contributed by atoms with van der Waals surface area (Å²) >= 11 is 12.0. The maximum atomic E-state index is 13.9. The highest BCUT2D eigenvalue weighted by Gasteiger charge is 2.15. The standard InChI is InChI=1S/C22H17Cl2FN4O3/c1-13-9-14(23)5-7-19(13)31-11-15-6-8-20(32-15)21(30)27-22-26-12-29(28-22)10-16-17(24)3-2-4-18(16)25/h2-9,12H,10-11H2,1H3,(H,27,28,30). The number of amides is 1. The number of aromatic nitrogens is 3. The highest BCUT2D eigenvalue weighted by atomic mass is 35.5. The van der Waals surface area contributed by atoms with E-state index in [-0.39, 0.29) is 35.4 Å². The van der Waals surface area contributed by atoms with Crippen LogP contribution in [0.1, 0.15) is 27.4 Å². The van der Waals surface area contributed by atoms with Crippen LogP contribution in [-0.4, -0.2) is 20.7 Å². The molecule has 0 spiro atoms. The summed E-state index contributed by atoms with van der Waals surface area (Å²) in [6.45, 7) is 2.10. The number of carbonyl (C=O) groups is 1. The van der Waals surface area contributed by atoms with Gasteiger partial charge in [0, 0.05) is 15.6 Å². The van der Waals surface area contributed by atoms with E-state index in [1.54, 1.807) is 30.3 Å². The zero-order chi connectivity index (χ0) is 22.7. The highest BCUT2D eigenvalue weighted by Crippen LogP contribution is 2.23. The Balaban J connectivity index is 1.36. The van der Waals surface area contributed by atoms with Crippen LogP contribution in [-0.2, 0) is 13.2 Å². The monoisotopic (exact) mass is 474 g/mol. The van der Waals surface area contributed by atoms with Gasteiger partial charge in [-0.3, -0.25) is 10.1 Å². The van der Waals surface area contributed by atoms with Gasteiger partial charge < -0.3 is 9.15 Å². The number of halogens is 3. The molecule has 0 aliphatic heterocycles. The number of rotatable bonds is 7. The van der Waals surface area contributed by atoms with Crippen LogP contribution in [0.3, 0.4) is 0 Å². The quantitative estimate of drug-likeness (QED) is 0.382. The first-order valence-electron chi connectivity index (χ1n) is 9.50. The third kappa shape index (κ3) is 5.09. The molecule has 7 nitrogen and oxygen atoms in total. The highest BCUT2D eigenvalue weighted by molar-refractivity contribution is 6.31. The Kier molecular flexibility index (Phi) is 6.43. The molecular weight excluding hydrogens is 458 g/mol. The zero-order valence-corrected chi connectivity index (χ0v) is 18.3. The molecule has 0 atom stereocenters. The van der Waals surface area contributed by atoms with E-state index in [1.807, 2.05) is 6.92 Å². The smallest absolute Gasteiger partial charge is 0.293 e. The molecule has 0 saturated heterocycles. The van der Waals surface area contributed by atoms with Crippen LogP contribution < -0.4 is 10.1 Å². The number of nitrogens with one attached hydrogen (secondary N) is 1. The van der Waals surface area contributed by atoms with Crippen LogP contribution in [0.4, 0.5) is 10.3 Å². The fourth-order valence-corrected chi connectivity index (χ4v) is 3.39. The van der Waals surface area contributed by atoms with E-state index in [1.165, 1.54) is 29.2 Å². The average Bonchev–Trinajstić information content (AvgIpc) is 3.40. The summed E-state index contributed by atoms with van der Waals surface area (Å²) in [5.74, 6) is 0.287. The summed E-state index contributed by atoms with van der Waals surface area (Å²) < 4.78 is 26.6. The van der Waals surface area contributed by atoms with Crippen LogP contribution in [0.2, 0.25) is 10.0 Å². The Morgan fingerprint density at radius 2 is 2.06 bits per heavy atom. The fourth-order valence-electron chi connectivity index (χ4n) is 2.94. The van der Waals surface area contributed by atoms with Crippen molar-refractivity contribution in [2.24, 2.45) is 0 Å². The number of carbonyl (C=O) groups excluding carboxylic acids is 1. The first kappa shape index (κ1) is 21.9. The molecule has 0 bridgehead atoms. The molecule has 1 N–H and O–H groups in total. The minimum atomic E-state index is -0.527. The van der Waals surface area contributed by atoms with Crippen LogP contribution in [0.25, 0.3) is 0 Å². The number of nitrogens with zero attached hydrogens (tertiary/aromatic N) is 3. The van der Waals surface area contributed by atoms with E-state index in [2.05, 4.69) is 15.4 Å². The van der Waals surface area contributed by atoms with Crippen molar-refractivity contribution >= 4 is 35.1 Å². The number of hydrogen-bond donors (Lipinski definition) is 1. The van der Waals surface area contributed by atoms with E-state index in [0.29, 0.717) is 16.5 Å². The van der Waals surface area contributed by atoms with E-state index >= 15 is 0 Å². The molecule has 4 rings (SSSR count). The largest absolute Gasteiger partial charge is 0.485 e. The average molecular weight is 475 g/mol. The van der Waals surface area contributed by atoms with Crippen molar-refractivity contribution in [1.29, 1.82) is 0 Å². The molecule has 10 heteroatoms. The van der Waals surface area contributed by atoms with Gasteiger partial charge in [0.25, 0.3) is 5.91 Å². The maximum Gasteiger partial charge on any atom is 0.293 e. The van der Waals surface area contributed by atoms with Gasteiger partial charge in [-0.05, 0) is 55.0 Å². The van der Waals surface area contributed by atoms with Crippen molar-refractivity contribution in [1.82, 2.24) is 14.8 Å². The van der Waals surface area contributed by atoms with Gasteiger partial charge in [-0.25, -0.2) is 14.1 Å². The summed E-state index contributed by atoms with van der Waals surface area (Å²) in [6, 6.07) is 12.9. The third-order valence-electron chi connectivity index (χ3n) is 4.54. The fraction of sp³-hybridized carbons (Fsp3) is 0.136. The lowest BCUT2D eigenvalue weighted by Crippen LogP contribution is -2.13. The van der Waals surface area contributed by atoms with Crippen molar-refractivity contribution in [2.75, 3.05) is 5.32 Å². The molecule has 0 radical (unpaired) electrons. The topological polar surface area (TPSA) is 82.2 Å². The number of hydrogen-bond acceptors (Lipinski definition) is 5. The second-order valence-corrected chi connectivity index (χ2v) is 7.73. The van der Waals surface area contributed by atoms with E-state index in [0.717, 1.165) is 5.56 Å². The van der Waals surface area contributed by atoms with Gasteiger partial charge in [0.15, 0.2) is 5.76 Å². The normalized spacial score (nSPS) is 10.9. The van der Waals surface area contributed by atoms with E-state index < -0.39 is 11.7 Å². The Hall–Kier alpha value is -3.36. The van der Waals surface area contributed by atoms with Crippen molar-refractivity contribution in [3.8, 4) is 5.75 Å². The zero-order valence-electron chi connectivity index (χ0n) is 16.8. The molecule has 1 amide bonds. The lowest BCUT2D eigenvalue weighted by molar-refractivity contribution is 0.0991. The first-order valence-corrected chi connectivity index (χ1v) is 10.3. The van der Waals surface area contributed by atoms with Crippen LogP contribution in [0.15, 0.2) is 59.3 Å². The van der Waals surface area contributed by atoms with Gasteiger partial charge in [-0.2, -0.15) is 0 Å². The summed E-state index contributed by atoms with van der Waals surface area (Å²) in [5, 5.41) is 7.57. The Morgan fingerprint density at radius 3 is 2.84 bits per heavy atom. The number of aryl methyl sites for hydroxylation is 1. The molecule has 0 saturated carbocycles. The molecule has 0 aliphatic rings. The van der Waals surface area contributed by atoms with Crippen molar-refractivity contribution in [3.63, 3.8) is 0 Å². The van der Waals surface area contributed by atoms with Crippen LogP contribution >= 0.6 is 23.2 Å². The summed E-state index contributed by atoms with van der Waals surface area (Å²) in [4.78, 5) is 16.5. The molecule has 0 aliphatic carbocycles. The predicted molar refractivity (Wildman–Crippen MR) is 118 cm³/mol. The Morgan fingerprint density at radius 1 is 1.22 bits per heavy atom. The molecule has 2 aromatic heterocycles. The summed E-state index contributed by atoms with van der Waals surface area (Å²) in [6.07, 6.45) is 1.37. The lowest BCUT2D eigenvalue weighted by Gasteiger charge is -2.07. The Labute approximate surface area is 192 Å². The van der Waals surface area contributed by atoms with Gasteiger partial charge in [0.05, 0.1) is 6.54 Å². The van der Waals surface area contributed by atoms with Crippen LogP contribution in [0, 0.1) is 12.7 Å². The molecule has 0 fully saturated rings. The van der Waals surface area contributed by atoms with Crippen molar-refractivity contribution < 1.29 is 18.3 Å². The number of furan rings is 1. The summed E-state index contributed by atoms with van der Waals surface area (Å²) in [5.41, 5.74) is 1.17. The van der Waals surface area contributed by atoms with Crippen molar-refractivity contribution in [2.45, 2.75) is 20.1 Å². The van der Waals surface area contributed by atoms with E-state index in [9.17, 15) is 9.18 Å². The minimum Gasteiger partial charge on any atom is -0.485 e. The molecule has 0 unspecified atom stereocenters. The van der Waals surface area contributed by atoms with Gasteiger partial charge >= 0.3 is 0 Å². The Bertz CT molecular complexity index is 1250. The number of anilines is 1. The third-order valence-corrected chi connectivity index (χ3v) is 5.13. The second-order valence-electron chi connectivity index (χ2n) is 6.88. The molecular formula is C22H17Cl2FN4O3. The molecule has 32 heavy (non-hydrogen) atoms. The maximum absolute atomic E-state index is 13.9. The second kappa shape index (κ2) is 9.42. The van der Waals surface area contributed by atoms with Crippen molar-refractivity contribution in [3.05, 3.63) is 93.4 Å². The molecule has 2 heterocycles. The predicted octanol–water partition coefficient (Wildman–Crippen LogP) is 5.51. The molecule has 4 aromatic rings. The molecule has 164 valence electrons. The lowest BCUT2D eigenvalue weighted by atomic mass is 10.2. The van der Waals surface area contributed by atoms with Gasteiger partial charge in [0.2, 0.25) is 5.95 Å². The van der Waals surface area contributed by atoms with Gasteiger partial charge in [0.1, 0.15) is 30.3 Å². The van der Waals surface area contributed by atoms with Gasteiger partial charge in [-0.1, -0.05) is 29.3 Å². The molecule has 2 aromatic carbocycles. The number of ether oxygens (including phenoxy) is 1. The SMILES string of the molecule is Cc1cc(Cl)ccc1OCc1ccc(C(=O)Nc2ncn(Cc3c(F)cccc3Cl)n2)o1. The van der Waals surface area contributed by atoms with Crippen LogP contribution in [0.5, 0.6) is 5.75 Å². The van der Waals surface area contributed by atoms with Gasteiger partial charge in [-0.15, -0.1) is 5.10 Å². The first-order chi connectivity index (χ1) is 15.4. The number of benzene rings is 2. The summed E-state index contributed by atoms with van der Waals surface area (Å²) in [7, 11) is 0. The minimum absolute atomic E-state index is 0.0495.